The highest BCUT2D eigenvalue weighted by Crippen LogP contribution is 2.61. The van der Waals surface area contributed by atoms with Crippen molar-refractivity contribution in [3.8, 4) is 11.5 Å². The highest BCUT2D eigenvalue weighted by Gasteiger charge is 2.61. The van der Waals surface area contributed by atoms with Crippen LogP contribution in [-0.2, 0) is 19.2 Å². The summed E-state index contributed by atoms with van der Waals surface area (Å²) >= 11 is 0. The Morgan fingerprint density at radius 3 is 1.77 bits per heavy atom. The molecule has 8 heteroatoms. The molecule has 2 aliphatic heterocycles. The van der Waals surface area contributed by atoms with Gasteiger partial charge in [0.05, 0.1) is 36.2 Å². The molecule has 8 nitrogen and oxygen atoms in total. The third-order valence-electron chi connectivity index (χ3n) is 9.60. The lowest BCUT2D eigenvalue weighted by molar-refractivity contribution is -0.139. The lowest BCUT2D eigenvalue weighted by atomic mass is 9.55. The number of para-hydroxylation sites is 2. The van der Waals surface area contributed by atoms with Crippen LogP contribution in [0.3, 0.4) is 0 Å². The van der Waals surface area contributed by atoms with E-state index in [1.807, 2.05) is 36.4 Å². The molecule has 3 amide bonds. The molecule has 218 valence electrons. The number of anilines is 2. The van der Waals surface area contributed by atoms with Crippen molar-refractivity contribution in [2.45, 2.75) is 18.3 Å². The van der Waals surface area contributed by atoms with Gasteiger partial charge in [0.1, 0.15) is 11.5 Å². The van der Waals surface area contributed by atoms with Crippen molar-refractivity contribution >= 4 is 35.1 Å². The van der Waals surface area contributed by atoms with E-state index in [0.717, 1.165) is 22.3 Å². The zero-order valence-corrected chi connectivity index (χ0v) is 23.9. The topological polar surface area (TPSA) is 93.2 Å². The highest BCUT2D eigenvalue weighted by molar-refractivity contribution is 6.23. The van der Waals surface area contributed by atoms with Gasteiger partial charge < -0.3 is 14.4 Å². The van der Waals surface area contributed by atoms with E-state index in [4.69, 9.17) is 9.47 Å². The number of hydrogen-bond donors (Lipinski definition) is 0. The van der Waals surface area contributed by atoms with Crippen molar-refractivity contribution in [2.24, 2.45) is 17.8 Å². The lowest BCUT2D eigenvalue weighted by Crippen LogP contribution is -2.41. The van der Waals surface area contributed by atoms with Crippen LogP contribution in [0.2, 0.25) is 0 Å². The summed E-state index contributed by atoms with van der Waals surface area (Å²) in [5.41, 5.74) is 5.55. The van der Waals surface area contributed by atoms with Crippen molar-refractivity contribution < 1.29 is 28.7 Å². The molecule has 44 heavy (non-hydrogen) atoms. The molecule has 2 bridgehead atoms. The molecule has 2 fully saturated rings. The van der Waals surface area contributed by atoms with Crippen LogP contribution in [0.25, 0.3) is 0 Å². The molecule has 0 spiro atoms. The zero-order valence-electron chi connectivity index (χ0n) is 23.9. The van der Waals surface area contributed by atoms with Gasteiger partial charge in [-0.1, -0.05) is 60.7 Å². The van der Waals surface area contributed by atoms with E-state index in [1.165, 1.54) is 12.0 Å². The summed E-state index contributed by atoms with van der Waals surface area (Å²) in [6.45, 7) is 0.183. The maximum atomic E-state index is 14.0. The number of ether oxygens (including phenoxy) is 2. The number of imide groups is 1. The normalized spacial score (nSPS) is 24.7. The average Bonchev–Trinajstić information content (AvgIpc) is 3.58. The molecule has 2 heterocycles. The third-order valence-corrected chi connectivity index (χ3v) is 9.60. The van der Waals surface area contributed by atoms with Gasteiger partial charge in [0.15, 0.2) is 0 Å². The minimum atomic E-state index is -0.643. The molecule has 9 rings (SSSR count). The first kappa shape index (κ1) is 26.4. The number of carbonyl (C=O) groups excluding carboxylic acids is 4. The first-order valence-corrected chi connectivity index (χ1v) is 14.8. The minimum absolute atomic E-state index is 0.0294. The van der Waals surface area contributed by atoms with Gasteiger partial charge in [-0.2, -0.15) is 0 Å². The summed E-state index contributed by atoms with van der Waals surface area (Å²) in [7, 11) is 1.54. The predicted octanol–water partition coefficient (Wildman–Crippen LogP) is 5.05. The van der Waals surface area contributed by atoms with Gasteiger partial charge in [-0.05, 0) is 58.7 Å². The molecular formula is C36H28N2O6. The Morgan fingerprint density at radius 1 is 0.705 bits per heavy atom. The van der Waals surface area contributed by atoms with E-state index in [1.54, 1.807) is 41.3 Å². The van der Waals surface area contributed by atoms with Crippen molar-refractivity contribution in [1.29, 1.82) is 0 Å². The molecule has 2 saturated heterocycles. The van der Waals surface area contributed by atoms with Gasteiger partial charge in [-0.15, -0.1) is 0 Å². The maximum absolute atomic E-state index is 14.0. The van der Waals surface area contributed by atoms with Crippen molar-refractivity contribution in [2.75, 3.05) is 23.5 Å². The number of amides is 3. The van der Waals surface area contributed by atoms with E-state index in [9.17, 15) is 19.2 Å². The fourth-order valence-corrected chi connectivity index (χ4v) is 7.75. The Hall–Kier alpha value is -5.24. The molecule has 4 aromatic carbocycles. The number of rotatable bonds is 5. The second-order valence-electron chi connectivity index (χ2n) is 11.8. The van der Waals surface area contributed by atoms with Gasteiger partial charge in [-0.25, -0.2) is 4.90 Å². The standard InChI is InChI=1S/C36H28N2O6/c1-43-28-13-7-6-12-27(28)37-19-20(18-29(37)39)36(42)44-22-16-14-21(15-17-22)38-34(40)32-30-23-8-2-3-9-24(23)31(33(32)35(38)41)26-11-5-4-10-25(26)30/h2-17,20,30-33H,18-19H2,1H3/t20-,30?,31?,32-,33+/m1/s1. The Balaban J connectivity index is 1.02. The fraction of sp³-hybridized carbons (Fsp3) is 0.222. The molecule has 0 saturated carbocycles. The van der Waals surface area contributed by atoms with Crippen LogP contribution in [-0.4, -0.2) is 37.3 Å². The molecular weight excluding hydrogens is 556 g/mol. The van der Waals surface area contributed by atoms with Crippen molar-refractivity contribution in [3.63, 3.8) is 0 Å². The van der Waals surface area contributed by atoms with Crippen LogP contribution < -0.4 is 19.3 Å². The van der Waals surface area contributed by atoms with E-state index in [-0.39, 0.29) is 48.3 Å². The van der Waals surface area contributed by atoms with Gasteiger partial charge in [0, 0.05) is 24.8 Å². The molecule has 5 aliphatic rings. The first-order chi connectivity index (χ1) is 21.5. The monoisotopic (exact) mass is 584 g/mol. The summed E-state index contributed by atoms with van der Waals surface area (Å²) in [4.78, 5) is 56.6. The summed E-state index contributed by atoms with van der Waals surface area (Å²) < 4.78 is 11.0. The second kappa shape index (κ2) is 9.91. The maximum Gasteiger partial charge on any atom is 0.316 e. The third kappa shape index (κ3) is 3.76. The fourth-order valence-electron chi connectivity index (χ4n) is 7.75. The molecule has 4 aromatic rings. The number of methoxy groups -OCH3 is 1. The van der Waals surface area contributed by atoms with E-state index < -0.39 is 23.7 Å². The van der Waals surface area contributed by atoms with Crippen LogP contribution in [0.4, 0.5) is 11.4 Å². The van der Waals surface area contributed by atoms with Gasteiger partial charge in [-0.3, -0.25) is 19.2 Å². The molecule has 0 N–H and O–H groups in total. The quantitative estimate of drug-likeness (QED) is 0.185. The number of hydrogen-bond acceptors (Lipinski definition) is 6. The smallest absolute Gasteiger partial charge is 0.316 e. The molecule has 0 unspecified atom stereocenters. The highest BCUT2D eigenvalue weighted by atomic mass is 16.5. The summed E-state index contributed by atoms with van der Waals surface area (Å²) in [6, 6.07) is 29.9. The van der Waals surface area contributed by atoms with Crippen LogP contribution in [0.1, 0.15) is 40.5 Å². The Labute approximate surface area is 253 Å². The second-order valence-corrected chi connectivity index (χ2v) is 11.8. The van der Waals surface area contributed by atoms with Gasteiger partial charge >= 0.3 is 5.97 Å². The van der Waals surface area contributed by atoms with E-state index >= 15 is 0 Å². The summed E-state index contributed by atoms with van der Waals surface area (Å²) in [5.74, 6) is -2.22. The number of benzene rings is 4. The van der Waals surface area contributed by atoms with Crippen LogP contribution in [0.15, 0.2) is 97.1 Å². The largest absolute Gasteiger partial charge is 0.495 e. The van der Waals surface area contributed by atoms with Crippen LogP contribution >= 0.6 is 0 Å². The van der Waals surface area contributed by atoms with Gasteiger partial charge in [0.25, 0.3) is 0 Å². The number of carbonyl (C=O) groups is 4. The van der Waals surface area contributed by atoms with Crippen LogP contribution in [0, 0.1) is 17.8 Å². The minimum Gasteiger partial charge on any atom is -0.495 e. The SMILES string of the molecule is COc1ccccc1N1C[C@H](C(=O)Oc2ccc(N3C(=O)[C@@H]4C5c6ccccc6C(c6ccccc65)[C@@H]4C3=O)cc2)CC1=O. The molecule has 3 aliphatic carbocycles. The van der Waals surface area contributed by atoms with E-state index in [0.29, 0.717) is 17.1 Å². The molecule has 0 aromatic heterocycles. The Kier molecular flexibility index (Phi) is 5.94. The number of nitrogens with zero attached hydrogens (tertiary/aromatic N) is 2. The summed E-state index contributed by atoms with van der Waals surface area (Å²) in [6.07, 6.45) is 0.0294. The zero-order chi connectivity index (χ0) is 30.1. The van der Waals surface area contributed by atoms with Crippen molar-refractivity contribution in [3.05, 3.63) is 119 Å². The van der Waals surface area contributed by atoms with Gasteiger partial charge in [0.2, 0.25) is 17.7 Å². The summed E-state index contributed by atoms with van der Waals surface area (Å²) in [5, 5.41) is 0. The lowest BCUT2D eigenvalue weighted by Gasteiger charge is -2.45. The Morgan fingerprint density at radius 2 is 1.23 bits per heavy atom. The Bertz CT molecular complexity index is 1750. The number of esters is 1. The van der Waals surface area contributed by atoms with Crippen LogP contribution in [0.5, 0.6) is 11.5 Å². The predicted molar refractivity (Wildman–Crippen MR) is 162 cm³/mol. The average molecular weight is 585 g/mol. The molecule has 3 atom stereocenters. The molecule has 0 radical (unpaired) electrons. The van der Waals surface area contributed by atoms with Crippen molar-refractivity contribution in [1.82, 2.24) is 0 Å². The first-order valence-electron chi connectivity index (χ1n) is 14.8. The van der Waals surface area contributed by atoms with E-state index in [2.05, 4.69) is 24.3 Å².